The number of nitrogens with zero attached hydrogens (tertiary/aromatic N) is 4. The maximum Gasteiger partial charge on any atom is 0.411 e. The molecule has 2 fully saturated rings. The molecule has 1 aromatic carbocycles. The molecule has 2 aromatic rings. The fourth-order valence-electron chi connectivity index (χ4n) is 6.09. The highest BCUT2D eigenvalue weighted by Gasteiger charge is 2.49. The Labute approximate surface area is 277 Å². The molecule has 2 bridgehead atoms. The molecule has 0 radical (unpaired) electrons. The van der Waals surface area contributed by atoms with Gasteiger partial charge in [0, 0.05) is 32.3 Å². The van der Waals surface area contributed by atoms with Crippen LogP contribution in [0.25, 0.3) is 5.57 Å². The molecule has 3 aliphatic heterocycles. The number of anilines is 1. The number of amides is 2. The van der Waals surface area contributed by atoms with Gasteiger partial charge in [-0.1, -0.05) is 11.6 Å². The number of hydrogen-bond acceptors (Lipinski definition) is 8. The van der Waals surface area contributed by atoms with E-state index in [0.717, 1.165) is 12.1 Å². The summed E-state index contributed by atoms with van der Waals surface area (Å²) < 4.78 is 45.1. The predicted octanol–water partition coefficient (Wildman–Crippen LogP) is 6.14. The Kier molecular flexibility index (Phi) is 9.33. The highest BCUT2D eigenvalue weighted by atomic mass is 35.5. The summed E-state index contributed by atoms with van der Waals surface area (Å²) in [5, 5.41) is 10.1. The zero-order valence-electron chi connectivity index (χ0n) is 27.2. The number of hydrogen-bond donors (Lipinski definition) is 1. The molecular weight excluding hydrogens is 638 g/mol. The van der Waals surface area contributed by atoms with Gasteiger partial charge in [0.2, 0.25) is 0 Å². The number of aliphatic carboxylic acids is 1. The number of pyridine rings is 1. The lowest BCUT2D eigenvalue weighted by Gasteiger charge is -2.50. The van der Waals surface area contributed by atoms with Crippen molar-refractivity contribution >= 4 is 41.1 Å². The summed E-state index contributed by atoms with van der Waals surface area (Å²) in [5.74, 6) is -2.50. The van der Waals surface area contributed by atoms with E-state index in [1.807, 2.05) is 4.90 Å². The normalized spacial score (nSPS) is 21.6. The fourth-order valence-corrected chi connectivity index (χ4v) is 6.28. The second kappa shape index (κ2) is 12.8. The Balaban J connectivity index is 1.40. The number of piperazine rings is 1. The van der Waals surface area contributed by atoms with Crippen LogP contribution in [0.1, 0.15) is 59.9 Å². The molecule has 0 aliphatic carbocycles. The smallest absolute Gasteiger partial charge is 0.411 e. The van der Waals surface area contributed by atoms with Gasteiger partial charge in [-0.15, -0.1) is 0 Å². The van der Waals surface area contributed by atoms with Crippen molar-refractivity contribution in [2.24, 2.45) is 0 Å². The van der Waals surface area contributed by atoms with Gasteiger partial charge in [0.1, 0.15) is 34.0 Å². The summed E-state index contributed by atoms with van der Waals surface area (Å²) in [6.07, 6.45) is 0.518. The van der Waals surface area contributed by atoms with Crippen molar-refractivity contribution in [3.05, 3.63) is 58.3 Å². The Bertz CT molecular complexity index is 1590. The van der Waals surface area contributed by atoms with Crippen LogP contribution in [0, 0.1) is 11.6 Å². The first-order chi connectivity index (χ1) is 21.9. The molecule has 1 N–H and O–H groups in total. The molecule has 0 unspecified atom stereocenters. The Morgan fingerprint density at radius 3 is 2.21 bits per heavy atom. The van der Waals surface area contributed by atoms with Crippen LogP contribution in [0.5, 0.6) is 5.75 Å². The van der Waals surface area contributed by atoms with E-state index in [2.05, 4.69) is 4.98 Å². The molecule has 0 saturated carbocycles. The number of halogens is 3. The first-order valence-electron chi connectivity index (χ1n) is 15.4. The lowest BCUT2D eigenvalue weighted by molar-refractivity contribution is -0.134. The molecular formula is C33H39ClF2N4O7. The zero-order valence-corrected chi connectivity index (χ0v) is 27.9. The molecule has 2 amide bonds. The van der Waals surface area contributed by atoms with Gasteiger partial charge < -0.3 is 29.1 Å². The highest BCUT2D eigenvalue weighted by molar-refractivity contribution is 6.32. The van der Waals surface area contributed by atoms with Gasteiger partial charge in [0.15, 0.2) is 11.6 Å². The number of ether oxygens (including phenoxy) is 3. The lowest BCUT2D eigenvalue weighted by atomic mass is 9.82. The van der Waals surface area contributed by atoms with Crippen LogP contribution in [0.3, 0.4) is 0 Å². The monoisotopic (exact) mass is 676 g/mol. The Morgan fingerprint density at radius 1 is 0.936 bits per heavy atom. The average Bonchev–Trinajstić information content (AvgIpc) is 3.43. The number of carbonyl (C=O) groups is 3. The molecule has 11 nitrogen and oxygen atoms in total. The van der Waals surface area contributed by atoms with E-state index in [0.29, 0.717) is 36.5 Å². The van der Waals surface area contributed by atoms with E-state index >= 15 is 0 Å². The lowest BCUT2D eigenvalue weighted by Crippen LogP contribution is -2.65. The third kappa shape index (κ3) is 7.55. The maximum atomic E-state index is 14.3. The maximum absolute atomic E-state index is 14.3. The predicted molar refractivity (Wildman–Crippen MR) is 169 cm³/mol. The molecule has 2 saturated heterocycles. The first kappa shape index (κ1) is 34.2. The van der Waals surface area contributed by atoms with Crippen LogP contribution in [0.2, 0.25) is 5.02 Å². The van der Waals surface area contributed by atoms with Crippen LogP contribution < -0.4 is 9.64 Å². The van der Waals surface area contributed by atoms with E-state index in [9.17, 15) is 28.3 Å². The van der Waals surface area contributed by atoms with Crippen molar-refractivity contribution in [3.8, 4) is 5.75 Å². The number of aromatic nitrogens is 1. The van der Waals surface area contributed by atoms with Crippen LogP contribution in [0.4, 0.5) is 24.2 Å². The van der Waals surface area contributed by atoms with Crippen molar-refractivity contribution in [1.29, 1.82) is 0 Å². The second-order valence-electron chi connectivity index (χ2n) is 13.9. The highest BCUT2D eigenvalue weighted by Crippen LogP contribution is 2.40. The van der Waals surface area contributed by atoms with Gasteiger partial charge >= 0.3 is 18.2 Å². The minimum absolute atomic E-state index is 0.0291. The minimum Gasteiger partial charge on any atom is -0.484 e. The van der Waals surface area contributed by atoms with E-state index in [-0.39, 0.29) is 30.8 Å². The first-order valence-corrected chi connectivity index (χ1v) is 15.8. The average molecular weight is 677 g/mol. The zero-order chi connectivity index (χ0) is 34.4. The fraction of sp³-hybridized carbons (Fsp3) is 0.515. The van der Waals surface area contributed by atoms with Crippen molar-refractivity contribution < 1.29 is 42.5 Å². The summed E-state index contributed by atoms with van der Waals surface area (Å²) in [6, 6.07) is 3.84. The minimum atomic E-state index is -1.23. The number of carboxylic acid groups (broad SMARTS) is 1. The standard InChI is InChI=1S/C33H39ClF2N4O7/c1-32(2,3)46-30(43)39-15-19-13-21(26(29(41)42)24(17-39)40(19)31(44)47-33(4,5)6)18-7-10-25(37-14-18)38-12-11-20(16-38)45-28-23(36)9-8-22(35)27(28)34/h7-10,14,19-20,24H,11-13,15-17H2,1-6H3,(H,41,42)/t19-,20+,24-/m0/s1. The molecule has 1 aromatic heterocycles. The largest absolute Gasteiger partial charge is 0.484 e. The number of rotatable bonds is 5. The summed E-state index contributed by atoms with van der Waals surface area (Å²) in [7, 11) is 0. The van der Waals surface area contributed by atoms with E-state index < -0.39 is 64.2 Å². The molecule has 47 heavy (non-hydrogen) atoms. The van der Waals surface area contributed by atoms with Gasteiger partial charge in [0.05, 0.1) is 24.2 Å². The third-order valence-corrected chi connectivity index (χ3v) is 8.34. The molecule has 3 atom stereocenters. The van der Waals surface area contributed by atoms with E-state index in [1.165, 1.54) is 9.80 Å². The van der Waals surface area contributed by atoms with Gasteiger partial charge in [0.25, 0.3) is 0 Å². The van der Waals surface area contributed by atoms with Gasteiger partial charge in [-0.2, -0.15) is 0 Å². The molecule has 3 aliphatic rings. The number of carbonyl (C=O) groups excluding carboxylic acids is 2. The summed E-state index contributed by atoms with van der Waals surface area (Å²) >= 11 is 5.93. The van der Waals surface area contributed by atoms with Gasteiger partial charge in [-0.3, -0.25) is 4.90 Å². The summed E-state index contributed by atoms with van der Waals surface area (Å²) in [4.78, 5) is 48.7. The topological polar surface area (TPSA) is 122 Å². The van der Waals surface area contributed by atoms with Crippen LogP contribution in [-0.2, 0) is 14.3 Å². The van der Waals surface area contributed by atoms with Crippen LogP contribution >= 0.6 is 11.6 Å². The molecule has 14 heteroatoms. The number of benzene rings is 1. The molecule has 4 heterocycles. The molecule has 5 rings (SSSR count). The number of fused-ring (bicyclic) bond motifs is 2. The summed E-state index contributed by atoms with van der Waals surface area (Å²) in [6.45, 7) is 11.3. The second-order valence-corrected chi connectivity index (χ2v) is 14.3. The van der Waals surface area contributed by atoms with Crippen molar-refractivity contribution in [2.75, 3.05) is 31.1 Å². The Morgan fingerprint density at radius 2 is 1.60 bits per heavy atom. The van der Waals surface area contributed by atoms with E-state index in [1.54, 1.807) is 59.9 Å². The van der Waals surface area contributed by atoms with E-state index in [4.69, 9.17) is 25.8 Å². The number of carboxylic acids is 1. The van der Waals surface area contributed by atoms with Gasteiger partial charge in [-0.25, -0.2) is 28.1 Å². The van der Waals surface area contributed by atoms with Crippen molar-refractivity contribution in [3.63, 3.8) is 0 Å². The van der Waals surface area contributed by atoms with Crippen molar-refractivity contribution in [1.82, 2.24) is 14.8 Å². The Hall–Kier alpha value is -4.13. The molecule has 254 valence electrons. The van der Waals surface area contributed by atoms with Crippen molar-refractivity contribution in [2.45, 2.75) is 83.8 Å². The summed E-state index contributed by atoms with van der Waals surface area (Å²) in [5.41, 5.74) is -0.535. The quantitative estimate of drug-likeness (QED) is 0.372. The van der Waals surface area contributed by atoms with Crippen LogP contribution in [-0.4, -0.2) is 93.6 Å². The third-order valence-electron chi connectivity index (χ3n) is 7.99. The molecule has 0 spiro atoms. The van der Waals surface area contributed by atoms with Crippen LogP contribution in [0.15, 0.2) is 36.0 Å². The van der Waals surface area contributed by atoms with Gasteiger partial charge in [-0.05, 0) is 83.4 Å². The SMILES string of the molecule is CC(C)(C)OC(=O)N1C[C@@H]2CC(c3ccc(N4CC[C@@H](Oc5c(F)ccc(F)c5Cl)C4)nc3)=C(C(=O)O)[C@H](C1)N2C(=O)OC(C)(C)C.